The first-order valence-corrected chi connectivity index (χ1v) is 11.4. The minimum atomic E-state index is 1.15. The summed E-state index contributed by atoms with van der Waals surface area (Å²) in [6, 6.07) is 35.0. The van der Waals surface area contributed by atoms with Crippen molar-refractivity contribution < 1.29 is 0 Å². The van der Waals surface area contributed by atoms with Crippen molar-refractivity contribution in [3.8, 4) is 33.4 Å². The summed E-state index contributed by atoms with van der Waals surface area (Å²) in [5.41, 5.74) is 12.2. The molecule has 0 spiro atoms. The highest BCUT2D eigenvalue weighted by Crippen LogP contribution is 2.33. The topological polar surface area (TPSA) is 0 Å². The first-order chi connectivity index (χ1) is 16.1. The molecule has 0 atom stereocenters. The summed E-state index contributed by atoms with van der Waals surface area (Å²) >= 11 is 0. The Hall–Kier alpha value is -3.90. The number of hydrogen-bond donors (Lipinski definition) is 0. The monoisotopic (exact) mass is 426 g/mol. The summed E-state index contributed by atoms with van der Waals surface area (Å²) in [5.74, 6) is 0. The summed E-state index contributed by atoms with van der Waals surface area (Å²) in [7, 11) is 0. The third kappa shape index (κ3) is 5.30. The summed E-state index contributed by atoms with van der Waals surface area (Å²) in [6.07, 6.45) is 6.26. The summed E-state index contributed by atoms with van der Waals surface area (Å²) < 4.78 is 0. The molecule has 4 aromatic carbocycles. The molecule has 0 unspecified atom stereocenters. The van der Waals surface area contributed by atoms with Crippen molar-refractivity contribution in [2.24, 2.45) is 0 Å². The molecule has 4 rings (SSSR count). The van der Waals surface area contributed by atoms with E-state index in [9.17, 15) is 0 Å². The van der Waals surface area contributed by atoms with Gasteiger partial charge in [-0.05, 0) is 83.5 Å². The molecule has 0 aliphatic carbocycles. The predicted molar refractivity (Wildman–Crippen MR) is 145 cm³/mol. The lowest BCUT2D eigenvalue weighted by Crippen LogP contribution is -1.89. The maximum absolute atomic E-state index is 3.91. The molecule has 0 amide bonds. The van der Waals surface area contributed by atoms with Crippen LogP contribution in [0.15, 0.2) is 127 Å². The van der Waals surface area contributed by atoms with Gasteiger partial charge in [0.1, 0.15) is 0 Å². The van der Waals surface area contributed by atoms with Crippen molar-refractivity contribution >= 4 is 5.57 Å². The van der Waals surface area contributed by atoms with E-state index in [2.05, 4.69) is 137 Å². The first kappa shape index (κ1) is 22.3. The standard InChI is InChI=1S/C33H30/c1-5-24(3)20-26(6-2)31-21-32(27-10-8-7-9-11-27)23-33(22-31)30-18-16-29(17-19-30)28-14-12-25(4)13-15-28/h5-23H,1H2,2-4H3/b24-20-,26-6+. The molecule has 162 valence electrons. The molecular formula is C33H30. The fraction of sp³-hybridized carbons (Fsp3) is 0.0909. The smallest absolute Gasteiger partial charge is 0.0172 e. The molecule has 0 aliphatic rings. The molecular weight excluding hydrogens is 396 g/mol. The zero-order chi connectivity index (χ0) is 23.2. The van der Waals surface area contributed by atoms with Crippen molar-refractivity contribution in [2.75, 3.05) is 0 Å². The van der Waals surface area contributed by atoms with Gasteiger partial charge in [0.2, 0.25) is 0 Å². The minimum Gasteiger partial charge on any atom is -0.0988 e. The molecule has 4 aromatic rings. The van der Waals surface area contributed by atoms with Gasteiger partial charge < -0.3 is 0 Å². The van der Waals surface area contributed by atoms with Gasteiger partial charge in [-0.25, -0.2) is 0 Å². The molecule has 0 saturated heterocycles. The van der Waals surface area contributed by atoms with Crippen LogP contribution in [0.2, 0.25) is 0 Å². The predicted octanol–water partition coefficient (Wildman–Crippen LogP) is 9.53. The van der Waals surface area contributed by atoms with Gasteiger partial charge in [0.15, 0.2) is 0 Å². The maximum atomic E-state index is 3.91. The molecule has 33 heavy (non-hydrogen) atoms. The van der Waals surface area contributed by atoms with Gasteiger partial charge in [-0.15, -0.1) is 0 Å². The Morgan fingerprint density at radius 1 is 0.636 bits per heavy atom. The quantitative estimate of drug-likeness (QED) is 0.269. The van der Waals surface area contributed by atoms with Crippen LogP contribution in [-0.2, 0) is 0 Å². The van der Waals surface area contributed by atoms with Crippen LogP contribution in [0.5, 0.6) is 0 Å². The first-order valence-electron chi connectivity index (χ1n) is 11.4. The molecule has 0 radical (unpaired) electrons. The van der Waals surface area contributed by atoms with Crippen LogP contribution < -0.4 is 0 Å². The number of benzene rings is 4. The zero-order valence-electron chi connectivity index (χ0n) is 19.7. The summed E-state index contributed by atoms with van der Waals surface area (Å²) in [5, 5.41) is 0. The van der Waals surface area contributed by atoms with Crippen LogP contribution in [0, 0.1) is 6.92 Å². The minimum absolute atomic E-state index is 1.15. The largest absolute Gasteiger partial charge is 0.0988 e. The maximum Gasteiger partial charge on any atom is -0.0172 e. The van der Waals surface area contributed by atoms with E-state index < -0.39 is 0 Å². The number of rotatable bonds is 6. The normalized spacial score (nSPS) is 12.0. The van der Waals surface area contributed by atoms with E-state index in [0.29, 0.717) is 0 Å². The van der Waals surface area contributed by atoms with Crippen LogP contribution in [-0.4, -0.2) is 0 Å². The average Bonchev–Trinajstić information content (AvgIpc) is 2.88. The van der Waals surface area contributed by atoms with Crippen LogP contribution in [0.1, 0.15) is 25.0 Å². The van der Waals surface area contributed by atoms with Gasteiger partial charge in [-0.3, -0.25) is 0 Å². The third-order valence-electron chi connectivity index (χ3n) is 5.99. The lowest BCUT2D eigenvalue weighted by molar-refractivity contribution is 1.47. The average molecular weight is 427 g/mol. The van der Waals surface area contributed by atoms with Crippen molar-refractivity contribution in [3.63, 3.8) is 0 Å². The van der Waals surface area contributed by atoms with E-state index in [1.165, 1.54) is 50.1 Å². The highest BCUT2D eigenvalue weighted by molar-refractivity contribution is 5.84. The van der Waals surface area contributed by atoms with E-state index in [-0.39, 0.29) is 0 Å². The Kier molecular flexibility index (Phi) is 6.86. The van der Waals surface area contributed by atoms with Gasteiger partial charge in [0.05, 0.1) is 0 Å². The van der Waals surface area contributed by atoms with Crippen LogP contribution in [0.3, 0.4) is 0 Å². The Balaban J connectivity index is 1.80. The van der Waals surface area contributed by atoms with E-state index in [1.54, 1.807) is 0 Å². The second-order valence-electron chi connectivity index (χ2n) is 8.44. The van der Waals surface area contributed by atoms with Crippen LogP contribution >= 0.6 is 0 Å². The Labute approximate surface area is 198 Å². The summed E-state index contributed by atoms with van der Waals surface area (Å²) in [6.45, 7) is 10.2. The second-order valence-corrected chi connectivity index (χ2v) is 8.44. The molecule has 0 bridgehead atoms. The Morgan fingerprint density at radius 3 is 1.64 bits per heavy atom. The molecule has 0 nitrogen and oxygen atoms in total. The Morgan fingerprint density at radius 2 is 1.12 bits per heavy atom. The molecule has 0 aromatic heterocycles. The lowest BCUT2D eigenvalue weighted by Gasteiger charge is -2.13. The molecule has 0 saturated carbocycles. The molecule has 0 N–H and O–H groups in total. The van der Waals surface area contributed by atoms with E-state index in [0.717, 1.165) is 5.57 Å². The van der Waals surface area contributed by atoms with Crippen molar-refractivity contribution in [2.45, 2.75) is 20.8 Å². The van der Waals surface area contributed by atoms with E-state index in [1.807, 2.05) is 6.08 Å². The van der Waals surface area contributed by atoms with Crippen molar-refractivity contribution in [1.29, 1.82) is 0 Å². The fourth-order valence-corrected chi connectivity index (χ4v) is 4.00. The van der Waals surface area contributed by atoms with Gasteiger partial charge in [0, 0.05) is 0 Å². The zero-order valence-corrected chi connectivity index (χ0v) is 19.7. The number of allylic oxidation sites excluding steroid dienone is 5. The highest BCUT2D eigenvalue weighted by Gasteiger charge is 2.08. The molecule has 0 heteroatoms. The fourth-order valence-electron chi connectivity index (χ4n) is 4.00. The van der Waals surface area contributed by atoms with E-state index in [4.69, 9.17) is 0 Å². The Bertz CT molecular complexity index is 1300. The second kappa shape index (κ2) is 10.1. The van der Waals surface area contributed by atoms with Crippen LogP contribution in [0.25, 0.3) is 39.0 Å². The van der Waals surface area contributed by atoms with Crippen molar-refractivity contribution in [1.82, 2.24) is 0 Å². The number of aryl methyl sites for hydroxylation is 1. The van der Waals surface area contributed by atoms with Gasteiger partial charge >= 0.3 is 0 Å². The molecule has 0 fully saturated rings. The van der Waals surface area contributed by atoms with Gasteiger partial charge in [-0.1, -0.05) is 115 Å². The van der Waals surface area contributed by atoms with Gasteiger partial charge in [0.25, 0.3) is 0 Å². The lowest BCUT2D eigenvalue weighted by atomic mass is 9.92. The molecule has 0 heterocycles. The highest BCUT2D eigenvalue weighted by atomic mass is 14.1. The third-order valence-corrected chi connectivity index (χ3v) is 5.99. The van der Waals surface area contributed by atoms with E-state index >= 15 is 0 Å². The molecule has 0 aliphatic heterocycles. The van der Waals surface area contributed by atoms with Gasteiger partial charge in [-0.2, -0.15) is 0 Å². The van der Waals surface area contributed by atoms with Crippen molar-refractivity contribution in [3.05, 3.63) is 139 Å². The SMILES string of the molecule is C=C/C(C)=C\C(=C/C)c1cc(-c2ccccc2)cc(-c2ccc(-c3ccc(C)cc3)cc2)c1. The number of hydrogen-bond acceptors (Lipinski definition) is 0. The van der Waals surface area contributed by atoms with Crippen LogP contribution in [0.4, 0.5) is 0 Å². The summed E-state index contributed by atoms with van der Waals surface area (Å²) in [4.78, 5) is 0.